The Morgan fingerprint density at radius 3 is 2.12 bits per heavy atom. The number of hydrogen-bond donors (Lipinski definition) is 5. The van der Waals surface area contributed by atoms with E-state index in [1.54, 1.807) is 0 Å². The van der Waals surface area contributed by atoms with E-state index in [1.165, 1.54) is 0 Å². The number of pyridine rings is 1. The van der Waals surface area contributed by atoms with Gasteiger partial charge in [-0.25, -0.2) is 22.0 Å². The predicted molar refractivity (Wildman–Crippen MR) is 182 cm³/mol. The molecule has 0 aliphatic carbocycles. The van der Waals surface area contributed by atoms with E-state index in [0.717, 1.165) is 47.9 Å². The highest BCUT2D eigenvalue weighted by molar-refractivity contribution is 7.92. The molecule has 268 valence electrons. The van der Waals surface area contributed by atoms with Crippen LogP contribution < -0.4 is 16.4 Å². The fourth-order valence-electron chi connectivity index (χ4n) is 5.52. The lowest BCUT2D eigenvalue weighted by atomic mass is 10.0. The van der Waals surface area contributed by atoms with Crippen molar-refractivity contribution in [3.05, 3.63) is 88.5 Å². The number of benzene rings is 2. The molecule has 2 aromatic carbocycles. The number of aryl methyl sites for hydroxylation is 1. The van der Waals surface area contributed by atoms with Crippen molar-refractivity contribution in [2.75, 3.05) is 12.3 Å². The molecule has 0 unspecified atom stereocenters. The molecule has 6 N–H and O–H groups in total. The number of amides is 1. The maximum Gasteiger partial charge on any atom is 0.330 e. The first-order valence-corrected chi connectivity index (χ1v) is 18.1. The highest BCUT2D eigenvalue weighted by Gasteiger charge is 2.35. The summed E-state index contributed by atoms with van der Waals surface area (Å²) in [4.78, 5) is 30.4. The summed E-state index contributed by atoms with van der Waals surface area (Å²) < 4.78 is 61.0. The lowest BCUT2D eigenvalue weighted by molar-refractivity contribution is -0.151. The first kappa shape index (κ1) is 39.3. The number of carbonyl (C=O) groups is 2. The lowest BCUT2D eigenvalue weighted by Crippen LogP contribution is -2.52. The third kappa shape index (κ3) is 12.4. The van der Waals surface area contributed by atoms with Crippen molar-refractivity contribution in [3.63, 3.8) is 0 Å². The smallest absolute Gasteiger partial charge is 0.330 e. The SMILES string of the molecule is CCCC(CCC)S(=O)(=O)C[C@H](NC(=O)c1cc(O)nc(O)c1)C(=O)O[C@H](CNCc1cccc(CC)c1)[C@@H](N)Cc1cc(F)cc(F)c1. The number of esters is 1. The van der Waals surface area contributed by atoms with Gasteiger partial charge in [-0.2, -0.15) is 4.98 Å². The molecule has 0 aliphatic heterocycles. The van der Waals surface area contributed by atoms with Crippen molar-refractivity contribution in [1.82, 2.24) is 15.6 Å². The number of carbonyl (C=O) groups excluding carboxylic acids is 2. The molecule has 0 spiro atoms. The minimum Gasteiger partial charge on any atom is -0.493 e. The molecule has 3 atom stereocenters. The van der Waals surface area contributed by atoms with Crippen LogP contribution in [0.5, 0.6) is 11.8 Å². The summed E-state index contributed by atoms with van der Waals surface area (Å²) in [5.74, 6) is -5.82. The number of halogens is 2. The van der Waals surface area contributed by atoms with E-state index in [4.69, 9.17) is 10.5 Å². The third-order valence-electron chi connectivity index (χ3n) is 7.99. The third-order valence-corrected chi connectivity index (χ3v) is 10.3. The summed E-state index contributed by atoms with van der Waals surface area (Å²) in [5, 5.41) is 24.4. The van der Waals surface area contributed by atoms with Gasteiger partial charge in [0.05, 0.1) is 16.6 Å². The summed E-state index contributed by atoms with van der Waals surface area (Å²) in [5.41, 5.74) is 8.47. The Morgan fingerprint density at radius 1 is 0.918 bits per heavy atom. The van der Waals surface area contributed by atoms with Crippen LogP contribution in [0, 0.1) is 11.6 Å². The normalized spacial score (nSPS) is 13.5. The maximum absolute atomic E-state index is 14.0. The van der Waals surface area contributed by atoms with E-state index in [-0.39, 0.29) is 24.1 Å². The second-order valence-electron chi connectivity index (χ2n) is 12.1. The van der Waals surface area contributed by atoms with Gasteiger partial charge in [0.2, 0.25) is 11.8 Å². The molecular formula is C35H46F2N4O7S. The van der Waals surface area contributed by atoms with Crippen LogP contribution >= 0.6 is 0 Å². The van der Waals surface area contributed by atoms with Gasteiger partial charge in [-0.15, -0.1) is 0 Å². The summed E-state index contributed by atoms with van der Waals surface area (Å²) >= 11 is 0. The highest BCUT2D eigenvalue weighted by Crippen LogP contribution is 2.20. The quantitative estimate of drug-likeness (QED) is 0.114. The zero-order valence-corrected chi connectivity index (χ0v) is 28.8. The number of ether oxygens (including phenoxy) is 1. The first-order chi connectivity index (χ1) is 23.2. The number of rotatable bonds is 19. The van der Waals surface area contributed by atoms with Gasteiger partial charge >= 0.3 is 5.97 Å². The van der Waals surface area contributed by atoms with Crippen LogP contribution in [0.1, 0.15) is 73.5 Å². The van der Waals surface area contributed by atoms with Gasteiger partial charge in [0.15, 0.2) is 9.84 Å². The van der Waals surface area contributed by atoms with Crippen LogP contribution in [0.3, 0.4) is 0 Å². The molecule has 3 aromatic rings. The number of nitrogens with two attached hydrogens (primary N) is 1. The molecule has 0 bridgehead atoms. The van der Waals surface area contributed by atoms with Gasteiger partial charge in [-0.1, -0.05) is 57.9 Å². The Balaban J connectivity index is 1.92. The van der Waals surface area contributed by atoms with Gasteiger partial charge in [0.25, 0.3) is 5.91 Å². The number of aromatic hydroxyl groups is 2. The number of nitrogens with zero attached hydrogens (tertiary/aromatic N) is 1. The maximum atomic E-state index is 14.0. The van der Waals surface area contributed by atoms with Gasteiger partial charge < -0.3 is 31.3 Å². The van der Waals surface area contributed by atoms with Gasteiger partial charge in [0.1, 0.15) is 23.8 Å². The van der Waals surface area contributed by atoms with E-state index in [1.807, 2.05) is 45.0 Å². The average Bonchev–Trinajstić information content (AvgIpc) is 3.02. The summed E-state index contributed by atoms with van der Waals surface area (Å²) in [6, 6.07) is 9.94. The first-order valence-electron chi connectivity index (χ1n) is 16.4. The Kier molecular flexibility index (Phi) is 14.9. The van der Waals surface area contributed by atoms with Crippen LogP contribution in [0.4, 0.5) is 8.78 Å². The summed E-state index contributed by atoms with van der Waals surface area (Å²) in [6.45, 7) is 6.06. The number of hydrogen-bond acceptors (Lipinski definition) is 10. The van der Waals surface area contributed by atoms with E-state index in [0.29, 0.717) is 32.2 Å². The monoisotopic (exact) mass is 704 g/mol. The van der Waals surface area contributed by atoms with E-state index < -0.39 is 74.3 Å². The molecule has 0 saturated carbocycles. The molecule has 49 heavy (non-hydrogen) atoms. The van der Waals surface area contributed by atoms with Gasteiger partial charge in [0, 0.05) is 37.3 Å². The highest BCUT2D eigenvalue weighted by atomic mass is 32.2. The molecule has 11 nitrogen and oxygen atoms in total. The number of nitrogens with one attached hydrogen (secondary N) is 2. The fourth-order valence-corrected chi connectivity index (χ4v) is 7.67. The van der Waals surface area contributed by atoms with Crippen LogP contribution in [0.2, 0.25) is 0 Å². The Labute approximate surface area is 286 Å². The fraction of sp³-hybridized carbons (Fsp3) is 0.457. The zero-order valence-electron chi connectivity index (χ0n) is 28.0. The molecule has 0 saturated heterocycles. The van der Waals surface area contributed by atoms with Crippen LogP contribution in [-0.4, -0.2) is 71.2 Å². The van der Waals surface area contributed by atoms with E-state index in [2.05, 4.69) is 15.6 Å². The molecular weight excluding hydrogens is 658 g/mol. The number of aromatic nitrogens is 1. The van der Waals surface area contributed by atoms with Crippen molar-refractivity contribution in [1.29, 1.82) is 0 Å². The molecule has 0 fully saturated rings. The Bertz CT molecular complexity index is 1630. The van der Waals surface area contributed by atoms with Crippen molar-refractivity contribution in [2.24, 2.45) is 5.73 Å². The Morgan fingerprint density at radius 2 is 1.53 bits per heavy atom. The molecule has 3 rings (SSSR count). The van der Waals surface area contributed by atoms with Crippen molar-refractivity contribution < 1.29 is 41.7 Å². The van der Waals surface area contributed by atoms with Crippen molar-refractivity contribution >= 4 is 21.7 Å². The summed E-state index contributed by atoms with van der Waals surface area (Å²) in [7, 11) is -3.97. The minimum absolute atomic E-state index is 0.0190. The molecule has 1 amide bonds. The second-order valence-corrected chi connectivity index (χ2v) is 14.4. The molecule has 0 radical (unpaired) electrons. The average molecular weight is 705 g/mol. The molecule has 14 heteroatoms. The topological polar surface area (TPSA) is 181 Å². The van der Waals surface area contributed by atoms with Crippen LogP contribution in [0.15, 0.2) is 54.6 Å². The molecule has 0 aliphatic rings. The van der Waals surface area contributed by atoms with Gasteiger partial charge in [-0.05, 0) is 54.5 Å². The van der Waals surface area contributed by atoms with Crippen LogP contribution in [-0.2, 0) is 38.8 Å². The number of sulfone groups is 1. The second kappa shape index (κ2) is 18.6. The standard InChI is InChI=1S/C35H46F2N4O7S/c1-4-8-28(9-5-2)49(46,47)21-30(40-34(44)25-16-32(42)41-33(43)17-25)35(45)48-31(20-39-19-23-11-7-10-22(6-3)12-23)29(38)15-24-13-26(36)18-27(37)14-24/h7,10-14,16-18,28-31,39H,4-6,8-9,15,19-21,38H2,1-3H3,(H,40,44)(H2,41,42,43)/t29-,30-,31+/m0/s1. The van der Waals surface area contributed by atoms with Crippen LogP contribution in [0.25, 0.3) is 0 Å². The predicted octanol–water partition coefficient (Wildman–Crippen LogP) is 4.09. The van der Waals surface area contributed by atoms with E-state index >= 15 is 0 Å². The largest absolute Gasteiger partial charge is 0.493 e. The van der Waals surface area contributed by atoms with Gasteiger partial charge in [-0.3, -0.25) is 4.79 Å². The molecule has 1 aromatic heterocycles. The Hall–Kier alpha value is -4.14. The lowest BCUT2D eigenvalue weighted by Gasteiger charge is -2.28. The zero-order chi connectivity index (χ0) is 36.1. The molecule has 1 heterocycles. The van der Waals surface area contributed by atoms with E-state index in [9.17, 15) is 37.0 Å². The minimum atomic E-state index is -3.97. The van der Waals surface area contributed by atoms with Crippen molar-refractivity contribution in [2.45, 2.75) is 89.3 Å². The summed E-state index contributed by atoms with van der Waals surface area (Å²) in [6.07, 6.45) is 1.44. The van der Waals surface area contributed by atoms with Crippen molar-refractivity contribution in [3.8, 4) is 11.8 Å².